The zero-order chi connectivity index (χ0) is 11.0. The van der Waals surface area contributed by atoms with E-state index in [1.165, 1.54) is 21.3 Å². The largest absolute Gasteiger partial charge is 0.196 e. The molecular formula is C13H17NS. The number of hydrogen-bond donors (Lipinski definition) is 0. The fourth-order valence-electron chi connectivity index (χ4n) is 1.75. The molecule has 80 valence electrons. The minimum Gasteiger partial charge on any atom is -0.196 e. The van der Waals surface area contributed by atoms with E-state index in [2.05, 4.69) is 50.3 Å². The van der Waals surface area contributed by atoms with E-state index in [1.807, 2.05) is 0 Å². The van der Waals surface area contributed by atoms with E-state index in [4.69, 9.17) is 0 Å². The summed E-state index contributed by atoms with van der Waals surface area (Å²) in [6, 6.07) is 6.74. The van der Waals surface area contributed by atoms with Crippen LogP contribution in [0.25, 0.3) is 10.1 Å². The highest BCUT2D eigenvalue weighted by molar-refractivity contribution is 7.13. The lowest BCUT2D eigenvalue weighted by Crippen LogP contribution is -1.88. The lowest BCUT2D eigenvalue weighted by molar-refractivity contribution is 0.849. The molecule has 2 rings (SSSR count). The van der Waals surface area contributed by atoms with E-state index in [1.54, 1.807) is 11.5 Å². The smallest absolute Gasteiger partial charge is 0.0646 e. The monoisotopic (exact) mass is 219 g/mol. The topological polar surface area (TPSA) is 12.9 Å². The van der Waals surface area contributed by atoms with E-state index >= 15 is 0 Å². The first-order chi connectivity index (χ1) is 7.09. The predicted octanol–water partition coefficient (Wildman–Crippen LogP) is 4.54. The fourth-order valence-corrected chi connectivity index (χ4v) is 2.71. The van der Waals surface area contributed by atoms with Crippen LogP contribution in [0.1, 0.15) is 50.8 Å². The summed E-state index contributed by atoms with van der Waals surface area (Å²) in [5.41, 5.74) is 2.65. The Kier molecular flexibility index (Phi) is 2.79. The summed E-state index contributed by atoms with van der Waals surface area (Å²) in [5.74, 6) is 1.11. The predicted molar refractivity (Wildman–Crippen MR) is 67.8 cm³/mol. The zero-order valence-electron chi connectivity index (χ0n) is 9.74. The van der Waals surface area contributed by atoms with Crippen LogP contribution in [0.4, 0.5) is 0 Å². The molecule has 0 saturated heterocycles. The van der Waals surface area contributed by atoms with Crippen LogP contribution >= 0.6 is 11.5 Å². The molecule has 0 aliphatic rings. The van der Waals surface area contributed by atoms with Crippen LogP contribution in [-0.2, 0) is 0 Å². The standard InChI is InChI=1S/C13H17NS/c1-8(2)10-5-6-11-12(7-10)15-14-13(11)9(3)4/h5-9H,1-4H3. The van der Waals surface area contributed by atoms with Crippen molar-refractivity contribution in [3.63, 3.8) is 0 Å². The van der Waals surface area contributed by atoms with Crippen molar-refractivity contribution in [2.75, 3.05) is 0 Å². The van der Waals surface area contributed by atoms with E-state index in [-0.39, 0.29) is 0 Å². The molecule has 0 atom stereocenters. The molecule has 1 nitrogen and oxygen atoms in total. The molecule has 2 heteroatoms. The first kappa shape index (κ1) is 10.6. The van der Waals surface area contributed by atoms with Crippen LogP contribution in [0.2, 0.25) is 0 Å². The molecule has 1 aromatic carbocycles. The summed E-state index contributed by atoms with van der Waals surface area (Å²) in [6.45, 7) is 8.85. The van der Waals surface area contributed by atoms with E-state index < -0.39 is 0 Å². The van der Waals surface area contributed by atoms with Gasteiger partial charge in [0.05, 0.1) is 10.4 Å². The lowest BCUT2D eigenvalue weighted by atomic mass is 10.0. The fraction of sp³-hybridized carbons (Fsp3) is 0.462. The Morgan fingerprint density at radius 2 is 1.80 bits per heavy atom. The second-order valence-corrected chi connectivity index (χ2v) is 5.44. The van der Waals surface area contributed by atoms with Crippen molar-refractivity contribution in [1.29, 1.82) is 0 Å². The van der Waals surface area contributed by atoms with Crippen molar-refractivity contribution in [3.8, 4) is 0 Å². The van der Waals surface area contributed by atoms with Gasteiger partial charge in [0, 0.05) is 5.39 Å². The molecule has 0 N–H and O–H groups in total. The summed E-state index contributed by atoms with van der Waals surface area (Å²) in [5, 5.41) is 1.33. The van der Waals surface area contributed by atoms with Gasteiger partial charge in [-0.25, -0.2) is 0 Å². The van der Waals surface area contributed by atoms with Crippen molar-refractivity contribution in [2.24, 2.45) is 0 Å². The first-order valence-electron chi connectivity index (χ1n) is 5.49. The van der Waals surface area contributed by atoms with Crippen LogP contribution in [0, 0.1) is 0 Å². The normalized spacial score (nSPS) is 11.9. The second-order valence-electron chi connectivity index (χ2n) is 4.63. The third-order valence-electron chi connectivity index (χ3n) is 2.74. The molecule has 0 spiro atoms. The molecule has 0 aliphatic heterocycles. The van der Waals surface area contributed by atoms with Crippen molar-refractivity contribution < 1.29 is 0 Å². The second kappa shape index (κ2) is 3.93. The summed E-state index contributed by atoms with van der Waals surface area (Å²) in [6.07, 6.45) is 0. The van der Waals surface area contributed by atoms with Gasteiger partial charge in [0.2, 0.25) is 0 Å². The van der Waals surface area contributed by atoms with Crippen molar-refractivity contribution in [2.45, 2.75) is 39.5 Å². The summed E-state index contributed by atoms with van der Waals surface area (Å²) >= 11 is 1.62. The Bertz CT molecular complexity index is 468. The minimum atomic E-state index is 0.517. The van der Waals surface area contributed by atoms with E-state index in [0.29, 0.717) is 11.8 Å². The molecular weight excluding hydrogens is 202 g/mol. The molecule has 0 unspecified atom stereocenters. The molecule has 15 heavy (non-hydrogen) atoms. The zero-order valence-corrected chi connectivity index (χ0v) is 10.6. The van der Waals surface area contributed by atoms with Crippen molar-refractivity contribution in [3.05, 3.63) is 29.5 Å². The number of benzene rings is 1. The molecule has 0 amide bonds. The summed E-state index contributed by atoms with van der Waals surface area (Å²) in [7, 11) is 0. The van der Waals surface area contributed by atoms with Gasteiger partial charge in [-0.2, -0.15) is 4.37 Å². The summed E-state index contributed by atoms with van der Waals surface area (Å²) in [4.78, 5) is 0. The van der Waals surface area contributed by atoms with Gasteiger partial charge in [-0.1, -0.05) is 39.8 Å². The molecule has 2 aromatic rings. The first-order valence-corrected chi connectivity index (χ1v) is 6.26. The number of fused-ring (bicyclic) bond motifs is 1. The Morgan fingerprint density at radius 1 is 1.07 bits per heavy atom. The average molecular weight is 219 g/mol. The van der Waals surface area contributed by atoms with Crippen molar-refractivity contribution in [1.82, 2.24) is 4.37 Å². The van der Waals surface area contributed by atoms with Crippen molar-refractivity contribution >= 4 is 21.6 Å². The highest BCUT2D eigenvalue weighted by Gasteiger charge is 2.10. The number of aromatic nitrogens is 1. The van der Waals surface area contributed by atoms with Crippen LogP contribution < -0.4 is 0 Å². The van der Waals surface area contributed by atoms with Crippen LogP contribution in [0.5, 0.6) is 0 Å². The number of rotatable bonds is 2. The molecule has 1 heterocycles. The van der Waals surface area contributed by atoms with Crippen LogP contribution in [0.3, 0.4) is 0 Å². The third kappa shape index (κ3) is 1.91. The van der Waals surface area contributed by atoms with Gasteiger partial charge in [-0.05, 0) is 35.0 Å². The molecule has 0 radical (unpaired) electrons. The van der Waals surface area contributed by atoms with E-state index in [0.717, 1.165) is 0 Å². The highest BCUT2D eigenvalue weighted by atomic mass is 32.1. The Balaban J connectivity index is 2.57. The maximum Gasteiger partial charge on any atom is 0.0646 e. The molecule has 0 aliphatic carbocycles. The van der Waals surface area contributed by atoms with E-state index in [9.17, 15) is 0 Å². The van der Waals surface area contributed by atoms with Gasteiger partial charge in [-0.15, -0.1) is 0 Å². The Hall–Kier alpha value is -0.890. The van der Waals surface area contributed by atoms with Gasteiger partial charge in [0.1, 0.15) is 0 Å². The van der Waals surface area contributed by atoms with Crippen LogP contribution in [-0.4, -0.2) is 4.37 Å². The molecule has 0 saturated carbocycles. The Morgan fingerprint density at radius 3 is 2.40 bits per heavy atom. The average Bonchev–Trinajstić information content (AvgIpc) is 2.59. The van der Waals surface area contributed by atoms with Gasteiger partial charge in [0.15, 0.2) is 0 Å². The Labute approximate surface area is 95.3 Å². The maximum absolute atomic E-state index is 4.54. The maximum atomic E-state index is 4.54. The molecule has 0 fully saturated rings. The minimum absolute atomic E-state index is 0.517. The molecule has 1 aromatic heterocycles. The third-order valence-corrected chi connectivity index (χ3v) is 3.56. The van der Waals surface area contributed by atoms with Gasteiger partial charge >= 0.3 is 0 Å². The van der Waals surface area contributed by atoms with Crippen LogP contribution in [0.15, 0.2) is 18.2 Å². The highest BCUT2D eigenvalue weighted by Crippen LogP contribution is 2.30. The van der Waals surface area contributed by atoms with Gasteiger partial charge in [-0.3, -0.25) is 0 Å². The molecule has 0 bridgehead atoms. The SMILES string of the molecule is CC(C)c1ccc2c(C(C)C)nsc2c1. The summed E-state index contributed by atoms with van der Waals surface area (Å²) < 4.78 is 5.86. The van der Waals surface area contributed by atoms with Gasteiger partial charge in [0.25, 0.3) is 0 Å². The number of hydrogen-bond acceptors (Lipinski definition) is 2. The number of nitrogens with zero attached hydrogens (tertiary/aromatic N) is 1. The van der Waals surface area contributed by atoms with Gasteiger partial charge < -0.3 is 0 Å². The quantitative estimate of drug-likeness (QED) is 0.722. The lowest BCUT2D eigenvalue weighted by Gasteiger charge is -2.05.